The molecule has 0 bridgehead atoms. The maximum atomic E-state index is 14.0. The number of benzene rings is 2. The maximum absolute atomic E-state index is 14.0. The number of phenolic OH excluding ortho intramolecular Hbond substituents is 1. The minimum absolute atomic E-state index is 0.0762. The van der Waals surface area contributed by atoms with Crippen LogP contribution in [0, 0.1) is 17.7 Å². The number of hydrogen-bond acceptors (Lipinski definition) is 4. The van der Waals surface area contributed by atoms with Crippen LogP contribution >= 0.6 is 0 Å². The molecule has 0 saturated carbocycles. The van der Waals surface area contributed by atoms with Crippen LogP contribution in [0.5, 0.6) is 11.5 Å². The van der Waals surface area contributed by atoms with Gasteiger partial charge in [0.15, 0.2) is 5.76 Å². The van der Waals surface area contributed by atoms with E-state index < -0.39 is 5.82 Å². The smallest absolute Gasteiger partial charge is 0.231 e. The lowest BCUT2D eigenvalue weighted by atomic mass is 9.91. The maximum Gasteiger partial charge on any atom is 0.231 e. The van der Waals surface area contributed by atoms with Crippen molar-refractivity contribution < 1.29 is 19.0 Å². The van der Waals surface area contributed by atoms with Crippen LogP contribution in [-0.4, -0.2) is 28.9 Å². The van der Waals surface area contributed by atoms with E-state index in [4.69, 9.17) is 4.74 Å². The van der Waals surface area contributed by atoms with Gasteiger partial charge in [0.05, 0.1) is 11.1 Å². The fourth-order valence-electron chi connectivity index (χ4n) is 4.33. The van der Waals surface area contributed by atoms with Crippen LogP contribution < -0.4 is 4.74 Å². The van der Waals surface area contributed by atoms with Crippen LogP contribution in [0.2, 0.25) is 0 Å². The van der Waals surface area contributed by atoms with Gasteiger partial charge in [-0.2, -0.15) is 0 Å². The Kier molecular flexibility index (Phi) is 4.94. The average molecular weight is 381 g/mol. The van der Waals surface area contributed by atoms with Crippen molar-refractivity contribution in [3.8, 4) is 11.5 Å². The number of piperidine rings is 1. The molecule has 4 rings (SSSR count). The van der Waals surface area contributed by atoms with Gasteiger partial charge >= 0.3 is 0 Å². The molecule has 5 heteroatoms. The van der Waals surface area contributed by atoms with Crippen LogP contribution in [-0.2, 0) is 6.54 Å². The highest BCUT2D eigenvalue weighted by atomic mass is 19.1. The molecule has 4 nitrogen and oxygen atoms in total. The number of carbonyl (C=O) groups excluding carboxylic acids is 1. The van der Waals surface area contributed by atoms with Gasteiger partial charge in [0.25, 0.3) is 0 Å². The zero-order valence-corrected chi connectivity index (χ0v) is 16.1. The summed E-state index contributed by atoms with van der Waals surface area (Å²) in [6.07, 6.45) is 2.61. The van der Waals surface area contributed by atoms with E-state index in [1.807, 2.05) is 0 Å². The van der Waals surface area contributed by atoms with Crippen LogP contribution in [0.25, 0.3) is 6.08 Å². The van der Waals surface area contributed by atoms with Gasteiger partial charge in [0.2, 0.25) is 5.78 Å². The molecule has 1 saturated heterocycles. The number of likely N-dealkylation sites (tertiary alicyclic amines) is 1. The molecular formula is C23H24FNO3. The second kappa shape index (κ2) is 7.40. The van der Waals surface area contributed by atoms with Gasteiger partial charge in [-0.1, -0.05) is 32.0 Å². The third-order valence-corrected chi connectivity index (χ3v) is 5.43. The number of halogens is 1. The summed E-state index contributed by atoms with van der Waals surface area (Å²) in [4.78, 5) is 15.1. The van der Waals surface area contributed by atoms with Gasteiger partial charge in [-0.05, 0) is 42.5 Å². The number of carbonyl (C=O) groups is 1. The Morgan fingerprint density at radius 1 is 1.18 bits per heavy atom. The van der Waals surface area contributed by atoms with Gasteiger partial charge < -0.3 is 9.84 Å². The Balaban J connectivity index is 1.65. The summed E-state index contributed by atoms with van der Waals surface area (Å²) >= 11 is 0. The quantitative estimate of drug-likeness (QED) is 0.788. The first-order chi connectivity index (χ1) is 13.4. The Hall–Kier alpha value is -2.66. The van der Waals surface area contributed by atoms with Crippen molar-refractivity contribution in [1.82, 2.24) is 4.90 Å². The molecular weight excluding hydrogens is 357 g/mol. The molecule has 0 amide bonds. The number of fused-ring (bicyclic) bond motifs is 1. The molecule has 1 N–H and O–H groups in total. The SMILES string of the molecule is CC1CC(C)CN(Cc2c(O)ccc3c2O/C(=C/c2ccccc2F)C3=O)C1. The van der Waals surface area contributed by atoms with Gasteiger partial charge in [-0.25, -0.2) is 4.39 Å². The summed E-state index contributed by atoms with van der Waals surface area (Å²) in [5, 5.41) is 10.4. The zero-order chi connectivity index (χ0) is 19.8. The lowest BCUT2D eigenvalue weighted by molar-refractivity contribution is 0.101. The molecule has 0 aromatic heterocycles. The number of Topliss-reactive ketones (excluding diaryl/α,β-unsaturated/α-hetero) is 1. The van der Waals surface area contributed by atoms with Crippen molar-refractivity contribution in [2.75, 3.05) is 13.1 Å². The number of hydrogen-bond donors (Lipinski definition) is 1. The largest absolute Gasteiger partial charge is 0.507 e. The number of rotatable bonds is 3. The first-order valence-corrected chi connectivity index (χ1v) is 9.68. The molecule has 2 atom stereocenters. The van der Waals surface area contributed by atoms with E-state index >= 15 is 0 Å². The highest BCUT2D eigenvalue weighted by Crippen LogP contribution is 2.40. The molecule has 0 radical (unpaired) electrons. The van der Waals surface area contributed by atoms with E-state index in [0.717, 1.165) is 13.1 Å². The molecule has 2 unspecified atom stereocenters. The van der Waals surface area contributed by atoms with Gasteiger partial charge in [-0.15, -0.1) is 0 Å². The van der Waals surface area contributed by atoms with E-state index in [2.05, 4.69) is 18.7 Å². The number of allylic oxidation sites excluding steroid dienone is 1. The molecule has 2 aliphatic heterocycles. The van der Waals surface area contributed by atoms with E-state index in [-0.39, 0.29) is 17.3 Å². The summed E-state index contributed by atoms with van der Waals surface area (Å²) in [6, 6.07) is 9.35. The Morgan fingerprint density at radius 2 is 1.89 bits per heavy atom. The Morgan fingerprint density at radius 3 is 2.61 bits per heavy atom. The molecule has 1 fully saturated rings. The van der Waals surface area contributed by atoms with E-state index in [1.54, 1.807) is 24.3 Å². The lowest BCUT2D eigenvalue weighted by Crippen LogP contribution is -2.38. The topological polar surface area (TPSA) is 49.8 Å². The second-order valence-electron chi connectivity index (χ2n) is 8.04. The summed E-state index contributed by atoms with van der Waals surface area (Å²) in [6.45, 7) is 6.86. The first-order valence-electron chi connectivity index (χ1n) is 9.68. The van der Waals surface area contributed by atoms with Crippen molar-refractivity contribution in [3.05, 3.63) is 64.7 Å². The number of phenols is 1. The minimum atomic E-state index is -0.415. The third-order valence-electron chi connectivity index (χ3n) is 5.43. The number of ether oxygens (including phenoxy) is 1. The van der Waals surface area contributed by atoms with E-state index in [0.29, 0.717) is 40.8 Å². The van der Waals surface area contributed by atoms with Gasteiger partial charge in [-0.3, -0.25) is 9.69 Å². The van der Waals surface area contributed by atoms with Crippen LogP contribution in [0.4, 0.5) is 4.39 Å². The highest BCUT2D eigenvalue weighted by Gasteiger charge is 2.32. The molecule has 2 aromatic carbocycles. The summed E-state index contributed by atoms with van der Waals surface area (Å²) in [7, 11) is 0. The number of aromatic hydroxyl groups is 1. The molecule has 28 heavy (non-hydrogen) atoms. The fraction of sp³-hybridized carbons (Fsp3) is 0.348. The third kappa shape index (κ3) is 3.54. The van der Waals surface area contributed by atoms with Crippen molar-refractivity contribution in [3.63, 3.8) is 0 Å². The standard InChI is InChI=1S/C23H24FNO3/c1-14-9-15(2)12-25(11-14)13-18-20(26)8-7-17-22(27)21(28-23(17)18)10-16-5-3-4-6-19(16)24/h3-8,10,14-15,26H,9,11-13H2,1-2H3/b21-10+. The number of nitrogens with zero attached hydrogens (tertiary/aromatic N) is 1. The average Bonchev–Trinajstić information content (AvgIpc) is 2.95. The van der Waals surface area contributed by atoms with Gasteiger partial charge in [0.1, 0.15) is 17.3 Å². The van der Waals surface area contributed by atoms with Crippen LogP contribution in [0.15, 0.2) is 42.2 Å². The molecule has 146 valence electrons. The molecule has 2 aromatic rings. The predicted molar refractivity (Wildman–Crippen MR) is 106 cm³/mol. The summed E-state index contributed by atoms with van der Waals surface area (Å²) in [5.41, 5.74) is 1.32. The molecule has 2 heterocycles. The second-order valence-corrected chi connectivity index (χ2v) is 8.04. The zero-order valence-electron chi connectivity index (χ0n) is 16.1. The highest BCUT2D eigenvalue weighted by molar-refractivity contribution is 6.15. The summed E-state index contributed by atoms with van der Waals surface area (Å²) in [5.74, 6) is 1.04. The van der Waals surface area contributed by atoms with Crippen molar-refractivity contribution in [2.24, 2.45) is 11.8 Å². The van der Waals surface area contributed by atoms with Gasteiger partial charge in [0, 0.05) is 25.2 Å². The van der Waals surface area contributed by atoms with Crippen LogP contribution in [0.1, 0.15) is 41.8 Å². The predicted octanol–water partition coefficient (Wildman–Crippen LogP) is 4.63. The first kappa shape index (κ1) is 18.7. The summed E-state index contributed by atoms with van der Waals surface area (Å²) < 4.78 is 19.8. The number of ketones is 1. The normalized spacial score (nSPS) is 23.7. The monoisotopic (exact) mass is 381 g/mol. The van der Waals surface area contributed by atoms with E-state index in [9.17, 15) is 14.3 Å². The molecule has 0 aliphatic carbocycles. The molecule has 2 aliphatic rings. The van der Waals surface area contributed by atoms with Crippen molar-refractivity contribution in [2.45, 2.75) is 26.8 Å². The van der Waals surface area contributed by atoms with Crippen molar-refractivity contribution >= 4 is 11.9 Å². The lowest BCUT2D eigenvalue weighted by Gasteiger charge is -2.35. The minimum Gasteiger partial charge on any atom is -0.507 e. The van der Waals surface area contributed by atoms with E-state index in [1.165, 1.54) is 24.6 Å². The fourth-order valence-corrected chi connectivity index (χ4v) is 4.33. The molecule has 0 spiro atoms. The Labute approximate surface area is 164 Å². The van der Waals surface area contributed by atoms with Crippen LogP contribution in [0.3, 0.4) is 0 Å². The Bertz CT molecular complexity index is 943. The van der Waals surface area contributed by atoms with Crippen molar-refractivity contribution in [1.29, 1.82) is 0 Å².